The van der Waals surface area contributed by atoms with E-state index in [-0.39, 0.29) is 0 Å². The lowest BCUT2D eigenvalue weighted by Gasteiger charge is -2.17. The van der Waals surface area contributed by atoms with Gasteiger partial charge in [0.1, 0.15) is 0 Å². The Hall–Kier alpha value is -3.00. The van der Waals surface area contributed by atoms with E-state index >= 15 is 0 Å². The van der Waals surface area contributed by atoms with Crippen molar-refractivity contribution in [2.45, 2.75) is 39.2 Å². The van der Waals surface area contributed by atoms with Gasteiger partial charge in [-0.1, -0.05) is 18.6 Å². The summed E-state index contributed by atoms with van der Waals surface area (Å²) in [5, 5.41) is 20.2. The number of para-hydroxylation sites is 1. The van der Waals surface area contributed by atoms with Crippen LogP contribution in [0.2, 0.25) is 0 Å². The second kappa shape index (κ2) is 6.87. The molecule has 8 nitrogen and oxygen atoms in total. The maximum Gasteiger partial charge on any atom is 0.226 e. The minimum Gasteiger partial charge on any atom is -0.350 e. The van der Waals surface area contributed by atoms with Crippen molar-refractivity contribution >= 4 is 22.5 Å². The Morgan fingerprint density at radius 1 is 1.14 bits per heavy atom. The van der Waals surface area contributed by atoms with Crippen LogP contribution in [-0.2, 0) is 0 Å². The van der Waals surface area contributed by atoms with Gasteiger partial charge in [-0.15, -0.1) is 5.10 Å². The molecule has 1 aromatic carbocycles. The van der Waals surface area contributed by atoms with Crippen LogP contribution in [0.1, 0.15) is 30.7 Å². The molecule has 1 saturated heterocycles. The van der Waals surface area contributed by atoms with Gasteiger partial charge in [0.05, 0.1) is 16.8 Å². The predicted octanol–water partition coefficient (Wildman–Crippen LogP) is 2.84. The van der Waals surface area contributed by atoms with E-state index in [1.807, 2.05) is 42.6 Å². The molecule has 3 N–H and O–H groups in total. The highest BCUT2D eigenvalue weighted by atomic mass is 15.4. The molecule has 1 aliphatic rings. The first-order chi connectivity index (χ1) is 13.7. The van der Waals surface area contributed by atoms with E-state index in [2.05, 4.69) is 20.8 Å². The van der Waals surface area contributed by atoms with Gasteiger partial charge in [0.15, 0.2) is 11.5 Å². The molecule has 5 rings (SSSR count). The summed E-state index contributed by atoms with van der Waals surface area (Å²) >= 11 is 0. The fraction of sp³-hybridized carbons (Fsp3) is 0.400. The van der Waals surface area contributed by atoms with E-state index < -0.39 is 0 Å². The normalized spacial score (nSPS) is 17.9. The van der Waals surface area contributed by atoms with Crippen LogP contribution in [-0.4, -0.2) is 48.9 Å². The molecule has 1 fully saturated rings. The molecular formula is C20H24N8. The van der Waals surface area contributed by atoms with Crippen LogP contribution in [0, 0.1) is 13.8 Å². The maximum atomic E-state index is 4.87. The molecule has 0 bridgehead atoms. The van der Waals surface area contributed by atoms with Crippen molar-refractivity contribution in [1.29, 1.82) is 0 Å². The van der Waals surface area contributed by atoms with Gasteiger partial charge in [-0.3, -0.25) is 5.10 Å². The second-order valence-corrected chi connectivity index (χ2v) is 7.47. The summed E-state index contributed by atoms with van der Waals surface area (Å²) < 4.78 is 1.84. The molecule has 0 spiro atoms. The van der Waals surface area contributed by atoms with Crippen molar-refractivity contribution in [1.82, 2.24) is 35.1 Å². The van der Waals surface area contributed by atoms with Gasteiger partial charge in [0.25, 0.3) is 0 Å². The first-order valence-corrected chi connectivity index (χ1v) is 9.85. The number of anilines is 1. The summed E-state index contributed by atoms with van der Waals surface area (Å²) in [6.45, 7) is 5.97. The number of H-pyrrole nitrogens is 1. The van der Waals surface area contributed by atoms with Crippen LogP contribution in [0.5, 0.6) is 0 Å². The van der Waals surface area contributed by atoms with E-state index in [1.165, 1.54) is 12.8 Å². The number of benzene rings is 1. The Morgan fingerprint density at radius 3 is 2.89 bits per heavy atom. The zero-order valence-corrected chi connectivity index (χ0v) is 16.2. The zero-order chi connectivity index (χ0) is 19.1. The number of nitrogens with one attached hydrogen (secondary N) is 3. The Kier molecular flexibility index (Phi) is 4.20. The number of aryl methyl sites for hydroxylation is 2. The lowest BCUT2D eigenvalue weighted by Crippen LogP contribution is -2.32. The molecular weight excluding hydrogens is 352 g/mol. The molecule has 3 aromatic heterocycles. The average Bonchev–Trinajstić information content (AvgIpc) is 3.17. The van der Waals surface area contributed by atoms with Crippen molar-refractivity contribution in [3.8, 4) is 11.4 Å². The molecule has 4 heterocycles. The molecule has 1 atom stereocenters. The molecule has 28 heavy (non-hydrogen) atoms. The SMILES string of the molecule is Cc1n[nH]c(C)c1-c1nc2c3ccccc3nc(N[C@@H]3CCCCNC3)n2n1. The summed E-state index contributed by atoms with van der Waals surface area (Å²) in [4.78, 5) is 9.74. The molecule has 8 heteroatoms. The summed E-state index contributed by atoms with van der Waals surface area (Å²) in [6.07, 6.45) is 3.53. The van der Waals surface area contributed by atoms with Gasteiger partial charge in [-0.05, 0) is 45.4 Å². The van der Waals surface area contributed by atoms with Crippen molar-refractivity contribution in [2.24, 2.45) is 0 Å². The van der Waals surface area contributed by atoms with Crippen molar-refractivity contribution in [2.75, 3.05) is 18.4 Å². The highest BCUT2D eigenvalue weighted by molar-refractivity contribution is 5.93. The molecule has 1 aliphatic heterocycles. The quantitative estimate of drug-likeness (QED) is 0.509. The molecule has 4 aromatic rings. The third-order valence-electron chi connectivity index (χ3n) is 5.41. The van der Waals surface area contributed by atoms with E-state index in [4.69, 9.17) is 15.1 Å². The first kappa shape index (κ1) is 17.1. The molecule has 0 saturated carbocycles. The minimum absolute atomic E-state index is 0.324. The van der Waals surface area contributed by atoms with Crippen LogP contribution in [0.3, 0.4) is 0 Å². The van der Waals surface area contributed by atoms with Gasteiger partial charge < -0.3 is 10.6 Å². The summed E-state index contributed by atoms with van der Waals surface area (Å²) in [7, 11) is 0. The standard InChI is InChI=1S/C20H24N8/c1-12-17(13(2)26-25-12)18-24-19-15-8-3-4-9-16(15)23-20(28(19)27-18)22-14-7-5-6-10-21-11-14/h3-4,8-9,14,21H,5-7,10-11H2,1-2H3,(H,22,23)(H,25,26)/t14-/m1/s1. The first-order valence-electron chi connectivity index (χ1n) is 9.85. The molecule has 0 unspecified atom stereocenters. The number of fused-ring (bicyclic) bond motifs is 3. The van der Waals surface area contributed by atoms with E-state index in [0.29, 0.717) is 11.9 Å². The van der Waals surface area contributed by atoms with Gasteiger partial charge in [0, 0.05) is 23.7 Å². The molecule has 0 radical (unpaired) electrons. The van der Waals surface area contributed by atoms with Gasteiger partial charge in [-0.25, -0.2) is 9.97 Å². The fourth-order valence-corrected chi connectivity index (χ4v) is 3.96. The molecule has 0 aliphatic carbocycles. The predicted molar refractivity (Wildman–Crippen MR) is 109 cm³/mol. The number of hydrogen-bond donors (Lipinski definition) is 3. The van der Waals surface area contributed by atoms with Crippen LogP contribution in [0.25, 0.3) is 27.9 Å². The van der Waals surface area contributed by atoms with Crippen LogP contribution < -0.4 is 10.6 Å². The van der Waals surface area contributed by atoms with Gasteiger partial charge in [0.2, 0.25) is 5.95 Å². The summed E-state index contributed by atoms with van der Waals surface area (Å²) in [5.41, 5.74) is 4.54. The van der Waals surface area contributed by atoms with Crippen molar-refractivity contribution in [3.63, 3.8) is 0 Å². The van der Waals surface area contributed by atoms with Crippen molar-refractivity contribution < 1.29 is 0 Å². The lowest BCUT2D eigenvalue weighted by atomic mass is 10.1. The molecule has 144 valence electrons. The number of hydrogen-bond acceptors (Lipinski definition) is 6. The largest absolute Gasteiger partial charge is 0.350 e. The van der Waals surface area contributed by atoms with Crippen LogP contribution in [0.4, 0.5) is 5.95 Å². The van der Waals surface area contributed by atoms with Gasteiger partial charge >= 0.3 is 0 Å². The summed E-state index contributed by atoms with van der Waals surface area (Å²) in [5.74, 6) is 1.41. The Bertz CT molecular complexity index is 1110. The highest BCUT2D eigenvalue weighted by Gasteiger charge is 2.20. The number of aromatic nitrogens is 6. The van der Waals surface area contributed by atoms with E-state index in [9.17, 15) is 0 Å². The van der Waals surface area contributed by atoms with Gasteiger partial charge in [-0.2, -0.15) is 9.61 Å². The van der Waals surface area contributed by atoms with Crippen LogP contribution in [0.15, 0.2) is 24.3 Å². The third kappa shape index (κ3) is 2.90. The Morgan fingerprint density at radius 2 is 2.04 bits per heavy atom. The average molecular weight is 376 g/mol. The van der Waals surface area contributed by atoms with Crippen LogP contribution >= 0.6 is 0 Å². The zero-order valence-electron chi connectivity index (χ0n) is 16.2. The Labute approximate surface area is 162 Å². The van der Waals surface area contributed by atoms with Crippen molar-refractivity contribution in [3.05, 3.63) is 35.7 Å². The topological polar surface area (TPSA) is 95.8 Å². The Balaban J connectivity index is 1.67. The number of aromatic amines is 1. The molecule has 0 amide bonds. The summed E-state index contributed by atoms with van der Waals surface area (Å²) in [6, 6.07) is 8.40. The fourth-order valence-electron chi connectivity index (χ4n) is 3.96. The second-order valence-electron chi connectivity index (χ2n) is 7.47. The lowest BCUT2D eigenvalue weighted by molar-refractivity contribution is 0.628. The third-order valence-corrected chi connectivity index (χ3v) is 5.41. The number of rotatable bonds is 3. The minimum atomic E-state index is 0.324. The highest BCUT2D eigenvalue weighted by Crippen LogP contribution is 2.27. The van der Waals surface area contributed by atoms with E-state index in [1.54, 1.807) is 0 Å². The smallest absolute Gasteiger partial charge is 0.226 e. The van der Waals surface area contributed by atoms with E-state index in [0.717, 1.165) is 59.0 Å². The number of nitrogens with zero attached hydrogens (tertiary/aromatic N) is 5. The maximum absolute atomic E-state index is 4.87. The monoisotopic (exact) mass is 376 g/mol.